The molecule has 0 aromatic heterocycles. The molecule has 0 aromatic carbocycles. The summed E-state index contributed by atoms with van der Waals surface area (Å²) < 4.78 is 58.9. The van der Waals surface area contributed by atoms with Crippen molar-refractivity contribution in [3.05, 3.63) is 0 Å². The summed E-state index contributed by atoms with van der Waals surface area (Å²) in [5, 5.41) is 0. The van der Waals surface area contributed by atoms with Gasteiger partial charge in [-0.3, -0.25) is 4.55 Å². The van der Waals surface area contributed by atoms with Crippen LogP contribution in [0.3, 0.4) is 0 Å². The number of hydrogen-bond acceptors (Lipinski definition) is 2. The van der Waals surface area contributed by atoms with E-state index in [0.29, 0.717) is 0 Å². The average Bonchev–Trinajstić information content (AvgIpc) is 2.34. The molecule has 0 spiro atoms. The Morgan fingerprint density at radius 2 is 1.30 bits per heavy atom. The Morgan fingerprint density at radius 1 is 0.950 bits per heavy atom. The third-order valence-electron chi connectivity index (χ3n) is 3.54. The standard InChI is InChI=1S/C11H26N.CHF3O3S/c1-5-9-10-11-12(6-2,7-3)8-4;2-1(3,4)8(5,6)7/h5-11H2,1-4H3;(H,5,6,7)/q+1;. The molecule has 8 heteroatoms. The lowest BCUT2D eigenvalue weighted by molar-refractivity contribution is -0.923. The van der Waals surface area contributed by atoms with E-state index in [4.69, 9.17) is 13.0 Å². The second-order valence-electron chi connectivity index (χ2n) is 4.64. The van der Waals surface area contributed by atoms with Crippen molar-refractivity contribution in [2.45, 2.75) is 52.5 Å². The molecule has 20 heavy (non-hydrogen) atoms. The predicted molar refractivity (Wildman–Crippen MR) is 73.9 cm³/mol. The molecule has 0 atom stereocenters. The molecule has 0 fully saturated rings. The van der Waals surface area contributed by atoms with Gasteiger partial charge in [-0.1, -0.05) is 13.3 Å². The molecule has 0 rings (SSSR count). The molecule has 0 aliphatic heterocycles. The lowest BCUT2D eigenvalue weighted by atomic mass is 10.2. The van der Waals surface area contributed by atoms with Gasteiger partial charge in [-0.2, -0.15) is 21.6 Å². The largest absolute Gasteiger partial charge is 0.522 e. The predicted octanol–water partition coefficient (Wildman–Crippen LogP) is 3.45. The fraction of sp³-hybridized carbons (Fsp3) is 1.00. The monoisotopic (exact) mass is 322 g/mol. The van der Waals surface area contributed by atoms with Crippen LogP contribution in [0.25, 0.3) is 0 Å². The van der Waals surface area contributed by atoms with Crippen molar-refractivity contribution in [1.29, 1.82) is 0 Å². The van der Waals surface area contributed by atoms with Gasteiger partial charge in [-0.15, -0.1) is 0 Å². The molecule has 4 nitrogen and oxygen atoms in total. The fourth-order valence-corrected chi connectivity index (χ4v) is 1.84. The second-order valence-corrected chi connectivity index (χ2v) is 6.05. The maximum Gasteiger partial charge on any atom is 0.522 e. The van der Waals surface area contributed by atoms with Gasteiger partial charge in [0.2, 0.25) is 0 Å². The molecular formula is C12H27F3NO3S+. The number of nitrogens with zero attached hydrogens (tertiary/aromatic N) is 1. The topological polar surface area (TPSA) is 54.4 Å². The van der Waals surface area contributed by atoms with Crippen molar-refractivity contribution < 1.29 is 30.6 Å². The number of rotatable bonds is 7. The van der Waals surface area contributed by atoms with Crippen molar-refractivity contribution in [2.75, 3.05) is 26.2 Å². The zero-order valence-electron chi connectivity index (χ0n) is 12.7. The first kappa shape index (κ1) is 21.9. The minimum absolute atomic E-state index is 1.30. The highest BCUT2D eigenvalue weighted by Crippen LogP contribution is 2.20. The van der Waals surface area contributed by atoms with E-state index in [2.05, 4.69) is 27.7 Å². The van der Waals surface area contributed by atoms with Crippen LogP contribution in [0.1, 0.15) is 47.0 Å². The van der Waals surface area contributed by atoms with Gasteiger partial charge in [0, 0.05) is 0 Å². The number of hydrogen-bond donors (Lipinski definition) is 1. The maximum atomic E-state index is 10.7. The third kappa shape index (κ3) is 8.76. The molecule has 0 unspecified atom stereocenters. The van der Waals surface area contributed by atoms with Crippen LogP contribution < -0.4 is 0 Å². The Morgan fingerprint density at radius 3 is 1.50 bits per heavy atom. The van der Waals surface area contributed by atoms with E-state index >= 15 is 0 Å². The summed E-state index contributed by atoms with van der Waals surface area (Å²) in [6.45, 7) is 14.5. The smallest absolute Gasteiger partial charge is 0.324 e. The zero-order valence-corrected chi connectivity index (χ0v) is 13.5. The molecule has 0 amide bonds. The minimum atomic E-state index is -5.84. The molecule has 0 aliphatic carbocycles. The van der Waals surface area contributed by atoms with E-state index in [1.165, 1.54) is 49.9 Å². The summed E-state index contributed by atoms with van der Waals surface area (Å²) in [5.74, 6) is 0. The summed E-state index contributed by atoms with van der Waals surface area (Å²) >= 11 is 0. The molecule has 1 N–H and O–H groups in total. The van der Waals surface area contributed by atoms with Crippen LogP contribution in [0, 0.1) is 0 Å². The van der Waals surface area contributed by atoms with Crippen molar-refractivity contribution >= 4 is 10.1 Å². The lowest BCUT2D eigenvalue weighted by Crippen LogP contribution is -2.48. The lowest BCUT2D eigenvalue weighted by Gasteiger charge is -2.35. The number of alkyl halides is 3. The van der Waals surface area contributed by atoms with Gasteiger partial charge < -0.3 is 4.48 Å². The van der Waals surface area contributed by atoms with Crippen LogP contribution in [0.2, 0.25) is 0 Å². The van der Waals surface area contributed by atoms with E-state index in [1.54, 1.807) is 0 Å². The van der Waals surface area contributed by atoms with Crippen LogP contribution in [-0.4, -0.2) is 49.1 Å². The normalized spacial score (nSPS) is 12.8. The maximum absolute atomic E-state index is 10.7. The Balaban J connectivity index is 0. The van der Waals surface area contributed by atoms with Gasteiger partial charge in [0.05, 0.1) is 26.2 Å². The highest BCUT2D eigenvalue weighted by Gasteiger charge is 2.44. The number of quaternary nitrogens is 1. The van der Waals surface area contributed by atoms with Gasteiger partial charge in [0.25, 0.3) is 0 Å². The van der Waals surface area contributed by atoms with Crippen molar-refractivity contribution in [1.82, 2.24) is 0 Å². The van der Waals surface area contributed by atoms with Crippen molar-refractivity contribution in [2.24, 2.45) is 0 Å². The SMILES string of the molecule is CCCCC[N+](CC)(CC)CC.O=S(=O)(O)C(F)(F)F. The van der Waals surface area contributed by atoms with E-state index in [9.17, 15) is 13.2 Å². The van der Waals surface area contributed by atoms with Crippen molar-refractivity contribution in [3.8, 4) is 0 Å². The Hall–Kier alpha value is -0.340. The first-order valence-corrected chi connectivity index (χ1v) is 8.32. The summed E-state index contributed by atoms with van der Waals surface area (Å²) in [6, 6.07) is 0. The number of halogens is 3. The zero-order chi connectivity index (χ0) is 16.4. The van der Waals surface area contributed by atoms with E-state index < -0.39 is 15.6 Å². The van der Waals surface area contributed by atoms with Crippen molar-refractivity contribution in [3.63, 3.8) is 0 Å². The van der Waals surface area contributed by atoms with Gasteiger partial charge in [-0.25, -0.2) is 0 Å². The fourth-order valence-electron chi connectivity index (χ4n) is 1.84. The van der Waals surface area contributed by atoms with Crippen LogP contribution in [0.15, 0.2) is 0 Å². The molecule has 0 aromatic rings. The van der Waals surface area contributed by atoms with Gasteiger partial charge in [0.15, 0.2) is 0 Å². The Kier molecular flexibility index (Phi) is 10.5. The molecule has 124 valence electrons. The molecule has 0 bridgehead atoms. The van der Waals surface area contributed by atoms with Crippen LogP contribution in [-0.2, 0) is 10.1 Å². The Labute approximate surface area is 120 Å². The molecule has 0 saturated heterocycles. The molecule has 0 saturated carbocycles. The number of unbranched alkanes of at least 4 members (excludes halogenated alkanes) is 2. The van der Waals surface area contributed by atoms with E-state index in [0.717, 1.165) is 0 Å². The summed E-state index contributed by atoms with van der Waals surface area (Å²) in [7, 11) is -5.84. The second kappa shape index (κ2) is 9.57. The summed E-state index contributed by atoms with van der Waals surface area (Å²) in [5.41, 5.74) is -5.53. The molecule has 0 heterocycles. The van der Waals surface area contributed by atoms with Gasteiger partial charge in [-0.05, 0) is 33.6 Å². The molecule has 0 aliphatic rings. The van der Waals surface area contributed by atoms with E-state index in [-0.39, 0.29) is 0 Å². The first-order chi connectivity index (χ1) is 8.99. The highest BCUT2D eigenvalue weighted by molar-refractivity contribution is 7.86. The third-order valence-corrected chi connectivity index (χ3v) is 4.13. The van der Waals surface area contributed by atoms with Crippen LogP contribution in [0.5, 0.6) is 0 Å². The van der Waals surface area contributed by atoms with Gasteiger partial charge >= 0.3 is 15.6 Å². The highest BCUT2D eigenvalue weighted by atomic mass is 32.2. The molecular weight excluding hydrogens is 295 g/mol. The average molecular weight is 322 g/mol. The van der Waals surface area contributed by atoms with E-state index in [1.807, 2.05) is 0 Å². The van der Waals surface area contributed by atoms with Crippen LogP contribution >= 0.6 is 0 Å². The van der Waals surface area contributed by atoms with Gasteiger partial charge in [0.1, 0.15) is 0 Å². The Bertz CT molecular complexity index is 330. The summed E-state index contributed by atoms with van der Waals surface area (Å²) in [4.78, 5) is 0. The van der Waals surface area contributed by atoms with Crippen LogP contribution in [0.4, 0.5) is 13.2 Å². The minimum Gasteiger partial charge on any atom is -0.324 e. The molecule has 0 radical (unpaired) electrons. The summed E-state index contributed by atoms with van der Waals surface area (Å²) in [6.07, 6.45) is 4.16. The first-order valence-electron chi connectivity index (χ1n) is 6.88. The quantitative estimate of drug-likeness (QED) is 0.338.